The van der Waals surface area contributed by atoms with Crippen LogP contribution in [-0.2, 0) is 10.0 Å². The van der Waals surface area contributed by atoms with E-state index in [0.29, 0.717) is 19.0 Å². The highest BCUT2D eigenvalue weighted by molar-refractivity contribution is 7.89. The van der Waals surface area contributed by atoms with E-state index in [9.17, 15) is 8.42 Å². The van der Waals surface area contributed by atoms with Crippen LogP contribution in [0.15, 0.2) is 0 Å². The van der Waals surface area contributed by atoms with Crippen molar-refractivity contribution in [3.8, 4) is 0 Å². The van der Waals surface area contributed by atoms with Gasteiger partial charge in [-0.05, 0) is 26.3 Å². The molecule has 0 heterocycles. The van der Waals surface area contributed by atoms with Crippen molar-refractivity contribution >= 4 is 10.0 Å². The van der Waals surface area contributed by atoms with Crippen molar-refractivity contribution in [1.82, 2.24) is 5.32 Å². The molecule has 0 rings (SSSR count). The van der Waals surface area contributed by atoms with E-state index >= 15 is 0 Å². The number of hydrogen-bond donors (Lipinski definition) is 2. The molecule has 0 radical (unpaired) electrons. The third-order valence-corrected chi connectivity index (χ3v) is 2.57. The van der Waals surface area contributed by atoms with Gasteiger partial charge in [0.25, 0.3) is 0 Å². The Morgan fingerprint density at radius 2 is 2.08 bits per heavy atom. The fourth-order valence-electron chi connectivity index (χ4n) is 0.766. The molecule has 5 heteroatoms. The molecule has 0 aliphatic heterocycles. The predicted molar refractivity (Wildman–Crippen MR) is 50.3 cm³/mol. The molecule has 0 saturated carbocycles. The van der Waals surface area contributed by atoms with Crippen LogP contribution in [0.5, 0.6) is 0 Å². The number of primary sulfonamides is 1. The molecule has 4 nitrogen and oxygen atoms in total. The minimum absolute atomic E-state index is 0.0659. The summed E-state index contributed by atoms with van der Waals surface area (Å²) in [7, 11) is -3.27. The topological polar surface area (TPSA) is 72.2 Å². The van der Waals surface area contributed by atoms with E-state index in [0.717, 1.165) is 6.42 Å². The smallest absolute Gasteiger partial charge is 0.209 e. The summed E-state index contributed by atoms with van der Waals surface area (Å²) in [4.78, 5) is 0. The van der Waals surface area contributed by atoms with Crippen molar-refractivity contribution in [2.24, 2.45) is 5.14 Å². The predicted octanol–water partition coefficient (Wildman–Crippen LogP) is 0.0531. The number of nitrogens with one attached hydrogen (secondary N) is 1. The van der Waals surface area contributed by atoms with Crippen molar-refractivity contribution in [3.05, 3.63) is 0 Å². The number of hydrogen-bond acceptors (Lipinski definition) is 3. The lowest BCUT2D eigenvalue weighted by Crippen LogP contribution is -2.28. The van der Waals surface area contributed by atoms with Crippen LogP contribution in [0.2, 0.25) is 0 Å². The molecule has 3 N–H and O–H groups in total. The monoisotopic (exact) mass is 194 g/mol. The fraction of sp³-hybridized carbons (Fsp3) is 1.00. The molecule has 0 fully saturated rings. The van der Waals surface area contributed by atoms with Crippen LogP contribution < -0.4 is 10.5 Å². The van der Waals surface area contributed by atoms with Crippen LogP contribution in [0.4, 0.5) is 0 Å². The van der Waals surface area contributed by atoms with Gasteiger partial charge in [0.15, 0.2) is 0 Å². The Hall–Kier alpha value is -0.130. The van der Waals surface area contributed by atoms with Gasteiger partial charge in [0, 0.05) is 6.04 Å². The molecular formula is C7H18N2O2S. The SMILES string of the molecule is CCC(C)NCCCS(N)(=O)=O. The molecule has 0 aromatic carbocycles. The van der Waals surface area contributed by atoms with E-state index in [4.69, 9.17) is 5.14 Å². The van der Waals surface area contributed by atoms with Gasteiger partial charge in [-0.3, -0.25) is 0 Å². The maximum Gasteiger partial charge on any atom is 0.209 e. The van der Waals surface area contributed by atoms with E-state index in [2.05, 4.69) is 19.2 Å². The molecule has 12 heavy (non-hydrogen) atoms. The van der Waals surface area contributed by atoms with Gasteiger partial charge in [-0.1, -0.05) is 6.92 Å². The molecule has 0 bridgehead atoms. The summed E-state index contributed by atoms with van der Waals surface area (Å²) >= 11 is 0. The molecule has 0 spiro atoms. The third-order valence-electron chi connectivity index (χ3n) is 1.71. The average Bonchev–Trinajstić information content (AvgIpc) is 1.96. The van der Waals surface area contributed by atoms with Gasteiger partial charge in [0.2, 0.25) is 10.0 Å². The van der Waals surface area contributed by atoms with Crippen molar-refractivity contribution in [2.45, 2.75) is 32.7 Å². The largest absolute Gasteiger partial charge is 0.314 e. The van der Waals surface area contributed by atoms with Crippen LogP contribution in [0.3, 0.4) is 0 Å². The van der Waals surface area contributed by atoms with Crippen LogP contribution in [-0.4, -0.2) is 26.8 Å². The Bertz CT molecular complexity index is 201. The zero-order valence-electron chi connectivity index (χ0n) is 7.71. The van der Waals surface area contributed by atoms with Crippen molar-refractivity contribution in [3.63, 3.8) is 0 Å². The molecule has 1 atom stereocenters. The summed E-state index contributed by atoms with van der Waals surface area (Å²) in [6.07, 6.45) is 1.64. The highest BCUT2D eigenvalue weighted by atomic mass is 32.2. The summed E-state index contributed by atoms with van der Waals surface area (Å²) < 4.78 is 21.0. The maximum absolute atomic E-state index is 10.5. The Balaban J connectivity index is 3.34. The summed E-state index contributed by atoms with van der Waals surface area (Å²) in [6.45, 7) is 4.86. The summed E-state index contributed by atoms with van der Waals surface area (Å²) in [5, 5.41) is 8.01. The number of sulfonamides is 1. The first-order valence-electron chi connectivity index (χ1n) is 4.19. The van der Waals surface area contributed by atoms with Crippen LogP contribution >= 0.6 is 0 Å². The van der Waals surface area contributed by atoms with Gasteiger partial charge in [-0.2, -0.15) is 0 Å². The van der Waals surface area contributed by atoms with Crippen molar-refractivity contribution in [1.29, 1.82) is 0 Å². The van der Waals surface area contributed by atoms with E-state index in [1.807, 2.05) is 0 Å². The summed E-state index contributed by atoms with van der Waals surface area (Å²) in [5.41, 5.74) is 0. The van der Waals surface area contributed by atoms with E-state index in [1.165, 1.54) is 0 Å². The third kappa shape index (κ3) is 7.97. The van der Waals surface area contributed by atoms with Gasteiger partial charge in [0.1, 0.15) is 0 Å². The lowest BCUT2D eigenvalue weighted by molar-refractivity contribution is 0.529. The van der Waals surface area contributed by atoms with Gasteiger partial charge < -0.3 is 5.32 Å². The summed E-state index contributed by atoms with van der Waals surface area (Å²) in [6, 6.07) is 0.450. The quantitative estimate of drug-likeness (QED) is 0.587. The fourth-order valence-corrected chi connectivity index (χ4v) is 1.31. The zero-order chi connectivity index (χ0) is 9.61. The second kappa shape index (κ2) is 5.50. The van der Waals surface area contributed by atoms with Gasteiger partial charge >= 0.3 is 0 Å². The van der Waals surface area contributed by atoms with Crippen LogP contribution in [0.1, 0.15) is 26.7 Å². The van der Waals surface area contributed by atoms with Gasteiger partial charge in [-0.25, -0.2) is 13.6 Å². The molecule has 0 saturated heterocycles. The first-order chi connectivity index (χ1) is 5.45. The standard InChI is InChI=1S/C7H18N2O2S/c1-3-7(2)9-5-4-6-12(8,10)11/h7,9H,3-6H2,1-2H3,(H2,8,10,11). The van der Waals surface area contributed by atoms with E-state index < -0.39 is 10.0 Å². The number of nitrogens with two attached hydrogens (primary N) is 1. The Kier molecular flexibility index (Phi) is 5.44. The lowest BCUT2D eigenvalue weighted by atomic mass is 10.2. The van der Waals surface area contributed by atoms with Gasteiger partial charge in [-0.15, -0.1) is 0 Å². The van der Waals surface area contributed by atoms with Crippen molar-refractivity contribution < 1.29 is 8.42 Å². The molecular weight excluding hydrogens is 176 g/mol. The van der Waals surface area contributed by atoms with Crippen LogP contribution in [0.25, 0.3) is 0 Å². The first-order valence-corrected chi connectivity index (χ1v) is 5.91. The minimum atomic E-state index is -3.27. The van der Waals surface area contributed by atoms with E-state index in [-0.39, 0.29) is 5.75 Å². The number of rotatable bonds is 6. The molecule has 0 aliphatic carbocycles. The maximum atomic E-state index is 10.5. The van der Waals surface area contributed by atoms with E-state index in [1.54, 1.807) is 0 Å². The first kappa shape index (κ1) is 11.9. The summed E-state index contributed by atoms with van der Waals surface area (Å²) in [5.74, 6) is 0.0659. The van der Waals surface area contributed by atoms with Crippen LogP contribution in [0, 0.1) is 0 Å². The Morgan fingerprint density at radius 1 is 1.50 bits per heavy atom. The molecule has 0 aliphatic rings. The van der Waals surface area contributed by atoms with Gasteiger partial charge in [0.05, 0.1) is 5.75 Å². The minimum Gasteiger partial charge on any atom is -0.314 e. The molecule has 1 unspecified atom stereocenters. The Labute approximate surface area is 74.6 Å². The molecule has 74 valence electrons. The lowest BCUT2D eigenvalue weighted by Gasteiger charge is -2.09. The normalized spacial score (nSPS) is 14.6. The van der Waals surface area contributed by atoms with Crippen molar-refractivity contribution in [2.75, 3.05) is 12.3 Å². The molecule has 0 aromatic heterocycles. The highest BCUT2D eigenvalue weighted by Crippen LogP contribution is 1.89. The zero-order valence-corrected chi connectivity index (χ0v) is 8.52. The molecule has 0 aromatic rings. The highest BCUT2D eigenvalue weighted by Gasteiger charge is 2.02. The second-order valence-corrected chi connectivity index (χ2v) is 4.72. The molecule has 0 amide bonds. The second-order valence-electron chi connectivity index (χ2n) is 2.98. The average molecular weight is 194 g/mol. The Morgan fingerprint density at radius 3 is 2.50 bits per heavy atom.